The number of nitrogens with one attached hydrogen (secondary N) is 1. The third-order valence-electron chi connectivity index (χ3n) is 1.17. The fraction of sp³-hybridized carbons (Fsp3) is 0.667. The maximum absolute atomic E-state index is 10.4. The summed E-state index contributed by atoms with van der Waals surface area (Å²) in [6.45, 7) is 1.85. The number of aliphatic carboxylic acids is 1. The normalized spacial score (nSPS) is 12.2. The Hall–Kier alpha value is -0.710. The number of rotatable bonds is 4. The Balaban J connectivity index is 3.89. The molecule has 0 aliphatic rings. The molecular weight excluding hydrogens is 166 g/mol. The van der Waals surface area contributed by atoms with Gasteiger partial charge in [-0.05, 0) is 6.42 Å². The molecule has 1 atom stereocenters. The van der Waals surface area contributed by atoms with E-state index in [1.807, 2.05) is 6.92 Å². The monoisotopic (exact) mass is 177 g/mol. The van der Waals surface area contributed by atoms with E-state index < -0.39 is 17.3 Å². The Bertz CT molecular complexity index is 160. The average Bonchev–Trinajstić information content (AvgIpc) is 1.86. The predicted molar refractivity (Wildman–Crippen MR) is 43.8 cm³/mol. The van der Waals surface area contributed by atoms with E-state index in [-0.39, 0.29) is 0 Å². The van der Waals surface area contributed by atoms with E-state index in [0.29, 0.717) is 12.8 Å². The molecule has 1 unspecified atom stereocenters. The highest BCUT2D eigenvalue weighted by Gasteiger charge is 2.16. The lowest BCUT2D eigenvalue weighted by Crippen LogP contribution is -2.37. The van der Waals surface area contributed by atoms with E-state index in [1.165, 1.54) is 0 Å². The zero-order chi connectivity index (χ0) is 8.85. The van der Waals surface area contributed by atoms with Gasteiger partial charge >= 0.3 is 5.97 Å². The highest BCUT2D eigenvalue weighted by Crippen LogP contribution is 1.97. The molecule has 1 amide bonds. The van der Waals surface area contributed by atoms with Crippen LogP contribution in [0.5, 0.6) is 0 Å². The molecule has 0 aliphatic heterocycles. The molecule has 0 aliphatic carbocycles. The van der Waals surface area contributed by atoms with Crippen LogP contribution in [0, 0.1) is 0 Å². The second-order valence-corrected chi connectivity index (χ2v) is 2.54. The van der Waals surface area contributed by atoms with Crippen molar-refractivity contribution >= 4 is 23.8 Å². The van der Waals surface area contributed by atoms with Crippen molar-refractivity contribution in [1.29, 1.82) is 0 Å². The molecule has 0 heterocycles. The summed E-state index contributed by atoms with van der Waals surface area (Å²) in [7, 11) is 0. The summed E-state index contributed by atoms with van der Waals surface area (Å²) < 4.78 is 0. The third-order valence-corrected chi connectivity index (χ3v) is 1.30. The molecule has 5 heteroatoms. The number of thiol groups is 1. The summed E-state index contributed by atoms with van der Waals surface area (Å²) in [4.78, 5) is 20.7. The number of carbonyl (C=O) groups is 2. The lowest BCUT2D eigenvalue weighted by molar-refractivity contribution is -0.139. The van der Waals surface area contributed by atoms with Gasteiger partial charge < -0.3 is 10.4 Å². The largest absolute Gasteiger partial charge is 0.480 e. The van der Waals surface area contributed by atoms with Crippen molar-refractivity contribution < 1.29 is 14.7 Å². The van der Waals surface area contributed by atoms with E-state index >= 15 is 0 Å². The molecule has 0 aromatic rings. The van der Waals surface area contributed by atoms with Crippen LogP contribution in [0.1, 0.15) is 19.8 Å². The lowest BCUT2D eigenvalue weighted by atomic mass is 10.2. The number of carboxylic acid groups (broad SMARTS) is 1. The van der Waals surface area contributed by atoms with Gasteiger partial charge in [-0.3, -0.25) is 4.79 Å². The molecule has 4 nitrogen and oxygen atoms in total. The van der Waals surface area contributed by atoms with Crippen LogP contribution in [0.4, 0.5) is 4.79 Å². The standard InChI is InChI=1S/C6H11NO3S/c1-2-3-4(5(8)9)7-6(10)11/h4H,2-3H2,1H3,(H,8,9)(H2,7,10,11). The summed E-state index contributed by atoms with van der Waals surface area (Å²) >= 11 is 3.41. The second kappa shape index (κ2) is 5.01. The van der Waals surface area contributed by atoms with E-state index in [4.69, 9.17) is 5.11 Å². The van der Waals surface area contributed by atoms with Gasteiger partial charge in [0.05, 0.1) is 0 Å². The first-order valence-corrected chi connectivity index (χ1v) is 3.75. The van der Waals surface area contributed by atoms with Crippen LogP contribution in [-0.2, 0) is 4.79 Å². The van der Waals surface area contributed by atoms with Gasteiger partial charge in [-0.2, -0.15) is 0 Å². The topological polar surface area (TPSA) is 66.4 Å². The van der Waals surface area contributed by atoms with Crippen LogP contribution in [0.15, 0.2) is 0 Å². The molecule has 2 N–H and O–H groups in total. The predicted octanol–water partition coefficient (Wildman–Crippen LogP) is 0.879. The summed E-state index contributed by atoms with van der Waals surface area (Å²) in [6.07, 6.45) is 1.15. The molecule has 64 valence electrons. The van der Waals surface area contributed by atoms with Crippen molar-refractivity contribution in [2.75, 3.05) is 0 Å². The minimum Gasteiger partial charge on any atom is -0.480 e. The second-order valence-electron chi connectivity index (χ2n) is 2.13. The Labute approximate surface area is 70.4 Å². The SMILES string of the molecule is CCCC(NC(=O)S)C(=O)O. The van der Waals surface area contributed by atoms with Gasteiger partial charge in [0.1, 0.15) is 6.04 Å². The summed E-state index contributed by atoms with van der Waals surface area (Å²) in [5, 5.41) is 10.1. The van der Waals surface area contributed by atoms with E-state index in [2.05, 4.69) is 17.9 Å². The molecule has 0 aromatic carbocycles. The van der Waals surface area contributed by atoms with Crippen LogP contribution in [0.2, 0.25) is 0 Å². The van der Waals surface area contributed by atoms with Gasteiger partial charge in [-0.1, -0.05) is 26.0 Å². The van der Waals surface area contributed by atoms with Crippen molar-refractivity contribution in [3.8, 4) is 0 Å². The molecule has 0 saturated heterocycles. The molecule has 0 radical (unpaired) electrons. The minimum absolute atomic E-state index is 0.432. The highest BCUT2D eigenvalue weighted by atomic mass is 32.1. The first kappa shape index (κ1) is 10.3. The van der Waals surface area contributed by atoms with E-state index in [1.54, 1.807) is 0 Å². The molecule has 0 bridgehead atoms. The van der Waals surface area contributed by atoms with E-state index in [9.17, 15) is 9.59 Å². The quantitative estimate of drug-likeness (QED) is 0.558. The highest BCUT2D eigenvalue weighted by molar-refractivity contribution is 7.96. The van der Waals surface area contributed by atoms with Gasteiger partial charge in [0.15, 0.2) is 0 Å². The molecule has 0 spiro atoms. The van der Waals surface area contributed by atoms with E-state index in [0.717, 1.165) is 0 Å². The Morgan fingerprint density at radius 2 is 2.18 bits per heavy atom. The number of hydrogen-bond donors (Lipinski definition) is 3. The number of amides is 1. The van der Waals surface area contributed by atoms with Crippen LogP contribution in [0.25, 0.3) is 0 Å². The summed E-state index contributed by atoms with van der Waals surface area (Å²) in [5.74, 6) is -1.02. The molecule has 0 saturated carbocycles. The smallest absolute Gasteiger partial charge is 0.326 e. The molecule has 11 heavy (non-hydrogen) atoms. The van der Waals surface area contributed by atoms with Crippen molar-refractivity contribution in [2.24, 2.45) is 0 Å². The number of carbonyl (C=O) groups excluding carboxylic acids is 1. The molecular formula is C6H11NO3S. The van der Waals surface area contributed by atoms with Gasteiger partial charge in [-0.25, -0.2) is 4.79 Å². The first-order valence-electron chi connectivity index (χ1n) is 3.30. The van der Waals surface area contributed by atoms with Crippen molar-refractivity contribution in [3.63, 3.8) is 0 Å². The number of carboxylic acids is 1. The average molecular weight is 177 g/mol. The van der Waals surface area contributed by atoms with Crippen LogP contribution in [0.3, 0.4) is 0 Å². The van der Waals surface area contributed by atoms with Crippen LogP contribution < -0.4 is 5.32 Å². The van der Waals surface area contributed by atoms with Crippen LogP contribution >= 0.6 is 12.6 Å². The maximum Gasteiger partial charge on any atom is 0.326 e. The third kappa shape index (κ3) is 4.66. The minimum atomic E-state index is -1.02. The van der Waals surface area contributed by atoms with Gasteiger partial charge in [-0.15, -0.1) is 0 Å². The lowest BCUT2D eigenvalue weighted by Gasteiger charge is -2.10. The maximum atomic E-state index is 10.4. The summed E-state index contributed by atoms with van der Waals surface area (Å²) in [5.41, 5.74) is 0. The zero-order valence-corrected chi connectivity index (χ0v) is 7.10. The van der Waals surface area contributed by atoms with Crippen LogP contribution in [-0.4, -0.2) is 22.4 Å². The van der Waals surface area contributed by atoms with Crippen molar-refractivity contribution in [1.82, 2.24) is 5.32 Å². The molecule has 0 rings (SSSR count). The molecule has 0 fully saturated rings. The fourth-order valence-electron chi connectivity index (χ4n) is 0.695. The zero-order valence-electron chi connectivity index (χ0n) is 6.20. The van der Waals surface area contributed by atoms with Gasteiger partial charge in [0.2, 0.25) is 0 Å². The van der Waals surface area contributed by atoms with Gasteiger partial charge in [0.25, 0.3) is 5.24 Å². The fourth-order valence-corrected chi connectivity index (χ4v) is 0.851. The van der Waals surface area contributed by atoms with Crippen molar-refractivity contribution in [3.05, 3.63) is 0 Å². The first-order chi connectivity index (χ1) is 5.07. The number of hydrogen-bond acceptors (Lipinski definition) is 2. The Morgan fingerprint density at radius 3 is 2.45 bits per heavy atom. The van der Waals surface area contributed by atoms with Crippen molar-refractivity contribution in [2.45, 2.75) is 25.8 Å². The molecule has 0 aromatic heterocycles. The Morgan fingerprint density at radius 1 is 1.64 bits per heavy atom. The summed E-state index contributed by atoms with van der Waals surface area (Å²) in [6, 6.07) is -0.801. The Kier molecular flexibility index (Phi) is 4.69. The van der Waals surface area contributed by atoms with Gasteiger partial charge in [0, 0.05) is 0 Å².